The van der Waals surface area contributed by atoms with Gasteiger partial charge in [-0.3, -0.25) is 9.59 Å². The van der Waals surface area contributed by atoms with Crippen LogP contribution in [0, 0.1) is 5.92 Å². The molecule has 1 unspecified atom stereocenters. The predicted molar refractivity (Wildman–Crippen MR) is 54.9 cm³/mol. The normalized spacial score (nSPS) is 16.8. The van der Waals surface area contributed by atoms with Crippen LogP contribution in [0.3, 0.4) is 0 Å². The van der Waals surface area contributed by atoms with Gasteiger partial charge in [-0.25, -0.2) is 0 Å². The number of hydrogen-bond acceptors (Lipinski definition) is 3. The van der Waals surface area contributed by atoms with Crippen LogP contribution in [0.15, 0.2) is 22.8 Å². The van der Waals surface area contributed by atoms with Crippen molar-refractivity contribution in [1.82, 2.24) is 5.32 Å². The maximum Gasteiger partial charge on any atom is 0.305 e. The fourth-order valence-electron chi connectivity index (χ4n) is 1.67. The average Bonchev–Trinajstić information content (AvgIpc) is 2.91. The van der Waals surface area contributed by atoms with Crippen LogP contribution in [-0.4, -0.2) is 23.0 Å². The van der Waals surface area contributed by atoms with Crippen molar-refractivity contribution in [3.63, 3.8) is 0 Å². The molecule has 0 bridgehead atoms. The lowest BCUT2D eigenvalue weighted by Gasteiger charge is -2.14. The van der Waals surface area contributed by atoms with Crippen molar-refractivity contribution in [1.29, 1.82) is 0 Å². The predicted octanol–water partition coefficient (Wildman–Crippen LogP) is 1.26. The van der Waals surface area contributed by atoms with Crippen molar-refractivity contribution in [3.05, 3.63) is 24.2 Å². The molecule has 1 aromatic heterocycles. The number of rotatable bonds is 5. The van der Waals surface area contributed by atoms with Crippen LogP contribution in [-0.2, 0) is 4.79 Å². The summed E-state index contributed by atoms with van der Waals surface area (Å²) in [5, 5.41) is 11.4. The molecule has 5 nitrogen and oxygen atoms in total. The van der Waals surface area contributed by atoms with Crippen LogP contribution in [0.5, 0.6) is 0 Å². The summed E-state index contributed by atoms with van der Waals surface area (Å²) in [5.41, 5.74) is 0. The molecule has 1 heterocycles. The molecule has 0 radical (unpaired) electrons. The lowest BCUT2D eigenvalue weighted by Crippen LogP contribution is -2.37. The summed E-state index contributed by atoms with van der Waals surface area (Å²) in [4.78, 5) is 22.3. The number of hydrogen-bond donors (Lipinski definition) is 2. The maximum atomic E-state index is 11.6. The molecule has 0 aromatic carbocycles. The minimum absolute atomic E-state index is 0.0306. The van der Waals surface area contributed by atoms with Gasteiger partial charge in [0.15, 0.2) is 5.76 Å². The van der Waals surface area contributed by atoms with E-state index in [0.717, 1.165) is 12.8 Å². The molecule has 16 heavy (non-hydrogen) atoms. The Hall–Kier alpha value is -1.78. The number of carbonyl (C=O) groups is 2. The van der Waals surface area contributed by atoms with Crippen LogP contribution < -0.4 is 5.32 Å². The van der Waals surface area contributed by atoms with Gasteiger partial charge in [-0.15, -0.1) is 0 Å². The molecular formula is C11H13NO4. The van der Waals surface area contributed by atoms with Crippen LogP contribution in [0.2, 0.25) is 0 Å². The van der Waals surface area contributed by atoms with Crippen LogP contribution >= 0.6 is 0 Å². The minimum Gasteiger partial charge on any atom is -0.481 e. The van der Waals surface area contributed by atoms with E-state index in [0.29, 0.717) is 5.92 Å². The number of carboxylic acid groups (broad SMARTS) is 1. The van der Waals surface area contributed by atoms with E-state index in [1.165, 1.54) is 6.26 Å². The molecule has 0 saturated heterocycles. The van der Waals surface area contributed by atoms with Crippen molar-refractivity contribution in [3.8, 4) is 0 Å². The lowest BCUT2D eigenvalue weighted by atomic mass is 10.1. The number of amides is 1. The summed E-state index contributed by atoms with van der Waals surface area (Å²) in [5.74, 6) is -0.717. The van der Waals surface area contributed by atoms with Gasteiger partial charge in [0, 0.05) is 6.04 Å². The Morgan fingerprint density at radius 1 is 1.56 bits per heavy atom. The van der Waals surface area contributed by atoms with Crippen molar-refractivity contribution < 1.29 is 19.1 Å². The topological polar surface area (TPSA) is 79.5 Å². The fourth-order valence-corrected chi connectivity index (χ4v) is 1.67. The largest absolute Gasteiger partial charge is 0.481 e. The van der Waals surface area contributed by atoms with Gasteiger partial charge in [0.2, 0.25) is 0 Å². The van der Waals surface area contributed by atoms with E-state index in [1.807, 2.05) is 0 Å². The van der Waals surface area contributed by atoms with Gasteiger partial charge in [-0.2, -0.15) is 0 Å². The Balaban J connectivity index is 1.95. The summed E-state index contributed by atoms with van der Waals surface area (Å²) in [6.45, 7) is 0. The molecule has 1 saturated carbocycles. The highest BCUT2D eigenvalue weighted by molar-refractivity contribution is 5.91. The zero-order chi connectivity index (χ0) is 11.5. The average molecular weight is 223 g/mol. The smallest absolute Gasteiger partial charge is 0.305 e. The molecule has 2 rings (SSSR count). The number of carbonyl (C=O) groups excluding carboxylic acids is 1. The molecule has 0 spiro atoms. The first-order chi connectivity index (χ1) is 7.66. The third-order valence-corrected chi connectivity index (χ3v) is 2.65. The van der Waals surface area contributed by atoms with Crippen molar-refractivity contribution in [2.24, 2.45) is 5.92 Å². The molecule has 1 aliphatic carbocycles. The highest BCUT2D eigenvalue weighted by Crippen LogP contribution is 2.34. The van der Waals surface area contributed by atoms with Crippen LogP contribution in [0.25, 0.3) is 0 Å². The van der Waals surface area contributed by atoms with Gasteiger partial charge in [0.1, 0.15) is 0 Å². The van der Waals surface area contributed by atoms with E-state index >= 15 is 0 Å². The standard InChI is InChI=1S/C11H13NO4/c13-10(14)6-8(7-3-4-7)12-11(15)9-2-1-5-16-9/h1-2,5,7-8H,3-4,6H2,(H,12,15)(H,13,14). The molecule has 1 aromatic rings. The van der Waals surface area contributed by atoms with Gasteiger partial charge in [-0.05, 0) is 30.9 Å². The van der Waals surface area contributed by atoms with E-state index in [9.17, 15) is 9.59 Å². The summed E-state index contributed by atoms with van der Waals surface area (Å²) in [6.07, 6.45) is 3.35. The Bertz CT molecular complexity index is 381. The van der Waals surface area contributed by atoms with Crippen LogP contribution in [0.1, 0.15) is 29.8 Å². The monoisotopic (exact) mass is 223 g/mol. The first kappa shape index (κ1) is 10.7. The quantitative estimate of drug-likeness (QED) is 0.787. The minimum atomic E-state index is -0.892. The van der Waals surface area contributed by atoms with Gasteiger partial charge < -0.3 is 14.8 Å². The summed E-state index contributed by atoms with van der Waals surface area (Å²) >= 11 is 0. The zero-order valence-corrected chi connectivity index (χ0v) is 8.68. The molecule has 2 N–H and O–H groups in total. The number of aliphatic carboxylic acids is 1. The van der Waals surface area contributed by atoms with E-state index in [4.69, 9.17) is 9.52 Å². The maximum absolute atomic E-state index is 11.6. The molecule has 1 atom stereocenters. The molecule has 5 heteroatoms. The van der Waals surface area contributed by atoms with E-state index in [2.05, 4.69) is 5.32 Å². The summed E-state index contributed by atoms with van der Waals surface area (Å²) in [6, 6.07) is 2.90. The third kappa shape index (κ3) is 2.62. The van der Waals surface area contributed by atoms with Crippen LogP contribution in [0.4, 0.5) is 0 Å². The SMILES string of the molecule is O=C(O)CC(NC(=O)c1ccco1)C1CC1. The van der Waals surface area contributed by atoms with Gasteiger partial charge in [0.05, 0.1) is 12.7 Å². The van der Waals surface area contributed by atoms with Crippen molar-refractivity contribution in [2.45, 2.75) is 25.3 Å². The number of carboxylic acids is 1. The lowest BCUT2D eigenvalue weighted by molar-refractivity contribution is -0.137. The molecular weight excluding hydrogens is 210 g/mol. The van der Waals surface area contributed by atoms with E-state index in [1.54, 1.807) is 12.1 Å². The summed E-state index contributed by atoms with van der Waals surface area (Å²) < 4.78 is 4.94. The van der Waals surface area contributed by atoms with Crippen molar-refractivity contribution >= 4 is 11.9 Å². The first-order valence-corrected chi connectivity index (χ1v) is 5.23. The second-order valence-corrected chi connectivity index (χ2v) is 3.99. The first-order valence-electron chi connectivity index (χ1n) is 5.23. The van der Waals surface area contributed by atoms with Gasteiger partial charge >= 0.3 is 5.97 Å². The Labute approximate surface area is 92.4 Å². The second kappa shape index (κ2) is 4.38. The van der Waals surface area contributed by atoms with Gasteiger partial charge in [0.25, 0.3) is 5.91 Å². The van der Waals surface area contributed by atoms with Crippen molar-refractivity contribution in [2.75, 3.05) is 0 Å². The highest BCUT2D eigenvalue weighted by Gasteiger charge is 2.34. The Morgan fingerprint density at radius 2 is 2.31 bits per heavy atom. The molecule has 1 amide bonds. The molecule has 1 aliphatic rings. The fraction of sp³-hybridized carbons (Fsp3) is 0.455. The Morgan fingerprint density at radius 3 is 2.81 bits per heavy atom. The summed E-state index contributed by atoms with van der Waals surface area (Å²) in [7, 11) is 0. The molecule has 1 fully saturated rings. The van der Waals surface area contributed by atoms with E-state index < -0.39 is 5.97 Å². The Kier molecular flexibility index (Phi) is 2.94. The third-order valence-electron chi connectivity index (χ3n) is 2.65. The molecule has 86 valence electrons. The second-order valence-electron chi connectivity index (χ2n) is 3.99. The van der Waals surface area contributed by atoms with Gasteiger partial charge in [-0.1, -0.05) is 0 Å². The number of furan rings is 1. The zero-order valence-electron chi connectivity index (χ0n) is 8.68. The highest BCUT2D eigenvalue weighted by atomic mass is 16.4. The molecule has 0 aliphatic heterocycles. The number of nitrogens with one attached hydrogen (secondary N) is 1. The van der Waals surface area contributed by atoms with E-state index in [-0.39, 0.29) is 24.1 Å².